The predicted octanol–water partition coefficient (Wildman–Crippen LogP) is 5.42. The van der Waals surface area contributed by atoms with Crippen LogP contribution in [0.4, 0.5) is 5.69 Å². The highest BCUT2D eigenvalue weighted by Crippen LogP contribution is 2.18. The van der Waals surface area contributed by atoms with Crippen molar-refractivity contribution in [3.05, 3.63) is 66.4 Å². The first-order valence-electron chi connectivity index (χ1n) is 8.66. The largest absolute Gasteiger partial charge is 0.487 e. The minimum absolute atomic E-state index is 0.480. The van der Waals surface area contributed by atoms with Gasteiger partial charge in [-0.05, 0) is 42.8 Å². The van der Waals surface area contributed by atoms with E-state index in [1.807, 2.05) is 36.4 Å². The SMILES string of the molecule is CCCCCNc1ccc(OCc2ccc3ccccc3n2)cc1. The molecule has 0 saturated heterocycles. The van der Waals surface area contributed by atoms with E-state index in [1.54, 1.807) is 0 Å². The van der Waals surface area contributed by atoms with Crippen LogP contribution in [0.25, 0.3) is 10.9 Å². The molecular weight excluding hydrogens is 296 g/mol. The Morgan fingerprint density at radius 1 is 0.917 bits per heavy atom. The third kappa shape index (κ3) is 4.48. The van der Waals surface area contributed by atoms with Crippen LogP contribution in [0.5, 0.6) is 5.75 Å². The molecule has 3 heteroatoms. The predicted molar refractivity (Wildman–Crippen MR) is 101 cm³/mol. The van der Waals surface area contributed by atoms with Crippen LogP contribution >= 0.6 is 0 Å². The van der Waals surface area contributed by atoms with Crippen LogP contribution in [0.1, 0.15) is 31.9 Å². The molecule has 0 amide bonds. The molecule has 0 fully saturated rings. The summed E-state index contributed by atoms with van der Waals surface area (Å²) in [6.07, 6.45) is 3.73. The number of fused-ring (bicyclic) bond motifs is 1. The number of unbranched alkanes of at least 4 members (excludes halogenated alkanes) is 2. The number of pyridine rings is 1. The summed E-state index contributed by atoms with van der Waals surface area (Å²) in [5.41, 5.74) is 3.09. The van der Waals surface area contributed by atoms with Gasteiger partial charge in [-0.1, -0.05) is 44.0 Å². The lowest BCUT2D eigenvalue weighted by atomic mass is 10.2. The highest BCUT2D eigenvalue weighted by molar-refractivity contribution is 5.78. The number of anilines is 1. The van der Waals surface area contributed by atoms with Crippen molar-refractivity contribution >= 4 is 16.6 Å². The maximum atomic E-state index is 5.85. The van der Waals surface area contributed by atoms with Gasteiger partial charge in [-0.25, -0.2) is 4.98 Å². The number of rotatable bonds is 8. The van der Waals surface area contributed by atoms with Gasteiger partial charge in [-0.15, -0.1) is 0 Å². The summed E-state index contributed by atoms with van der Waals surface area (Å²) in [4.78, 5) is 4.63. The van der Waals surface area contributed by atoms with Crippen molar-refractivity contribution in [1.29, 1.82) is 0 Å². The van der Waals surface area contributed by atoms with Gasteiger partial charge in [-0.2, -0.15) is 0 Å². The van der Waals surface area contributed by atoms with E-state index >= 15 is 0 Å². The molecule has 3 aromatic rings. The molecule has 124 valence electrons. The van der Waals surface area contributed by atoms with E-state index in [0.29, 0.717) is 6.61 Å². The quantitative estimate of drug-likeness (QED) is 0.563. The van der Waals surface area contributed by atoms with Crippen molar-refractivity contribution in [2.24, 2.45) is 0 Å². The molecule has 1 aromatic heterocycles. The van der Waals surface area contributed by atoms with Crippen LogP contribution in [0.3, 0.4) is 0 Å². The number of hydrogen-bond donors (Lipinski definition) is 1. The van der Waals surface area contributed by atoms with Crippen molar-refractivity contribution in [1.82, 2.24) is 4.98 Å². The van der Waals surface area contributed by atoms with Gasteiger partial charge >= 0.3 is 0 Å². The number of nitrogens with zero attached hydrogens (tertiary/aromatic N) is 1. The standard InChI is InChI=1S/C21H24N2O/c1-2-3-6-15-22-18-11-13-20(14-12-18)24-16-19-10-9-17-7-4-5-8-21(17)23-19/h4-5,7-14,22H,2-3,6,15-16H2,1H3. The Balaban J connectivity index is 1.53. The molecular formula is C21H24N2O. The lowest BCUT2D eigenvalue weighted by molar-refractivity contribution is 0.302. The normalized spacial score (nSPS) is 10.7. The number of benzene rings is 2. The van der Waals surface area contributed by atoms with Crippen LogP contribution in [0.2, 0.25) is 0 Å². The van der Waals surface area contributed by atoms with Crippen molar-refractivity contribution < 1.29 is 4.74 Å². The van der Waals surface area contributed by atoms with Crippen molar-refractivity contribution in [3.8, 4) is 5.75 Å². The van der Waals surface area contributed by atoms with Gasteiger partial charge in [0, 0.05) is 17.6 Å². The first kappa shape index (κ1) is 16.3. The van der Waals surface area contributed by atoms with Crippen LogP contribution in [0, 0.1) is 0 Å². The second-order valence-electron chi connectivity index (χ2n) is 5.94. The fourth-order valence-electron chi connectivity index (χ4n) is 2.62. The summed E-state index contributed by atoms with van der Waals surface area (Å²) < 4.78 is 5.85. The zero-order chi connectivity index (χ0) is 16.6. The van der Waals surface area contributed by atoms with Crippen LogP contribution in [0.15, 0.2) is 60.7 Å². The monoisotopic (exact) mass is 320 g/mol. The summed E-state index contributed by atoms with van der Waals surface area (Å²) in [5.74, 6) is 0.865. The maximum Gasteiger partial charge on any atom is 0.130 e. The Morgan fingerprint density at radius 2 is 1.75 bits per heavy atom. The van der Waals surface area contributed by atoms with Crippen molar-refractivity contribution in [3.63, 3.8) is 0 Å². The first-order chi connectivity index (χ1) is 11.8. The number of para-hydroxylation sites is 1. The molecule has 0 spiro atoms. The molecule has 0 aliphatic heterocycles. The Kier molecular flexibility index (Phi) is 5.67. The van der Waals surface area contributed by atoms with Crippen molar-refractivity contribution in [2.45, 2.75) is 32.8 Å². The van der Waals surface area contributed by atoms with Gasteiger partial charge in [0.15, 0.2) is 0 Å². The van der Waals surface area contributed by atoms with E-state index < -0.39 is 0 Å². The molecule has 2 aromatic carbocycles. The van der Waals surface area contributed by atoms with E-state index in [0.717, 1.165) is 34.6 Å². The van der Waals surface area contributed by atoms with Gasteiger partial charge in [0.05, 0.1) is 11.2 Å². The molecule has 3 rings (SSSR count). The average Bonchev–Trinajstić information content (AvgIpc) is 2.64. The van der Waals surface area contributed by atoms with Gasteiger partial charge in [0.1, 0.15) is 12.4 Å². The lowest BCUT2D eigenvalue weighted by Crippen LogP contribution is -2.01. The first-order valence-corrected chi connectivity index (χ1v) is 8.66. The Labute approximate surface area is 143 Å². The summed E-state index contributed by atoms with van der Waals surface area (Å²) in [6, 6.07) is 20.4. The molecule has 24 heavy (non-hydrogen) atoms. The molecule has 0 saturated carbocycles. The summed E-state index contributed by atoms with van der Waals surface area (Å²) in [6.45, 7) is 3.72. The van der Waals surface area contributed by atoms with Crippen LogP contribution in [-0.2, 0) is 6.61 Å². The Bertz CT molecular complexity index is 768. The molecule has 0 unspecified atom stereocenters. The smallest absolute Gasteiger partial charge is 0.130 e. The molecule has 0 aliphatic rings. The van der Waals surface area contributed by atoms with E-state index in [2.05, 4.69) is 41.5 Å². The zero-order valence-corrected chi connectivity index (χ0v) is 14.2. The molecule has 0 aliphatic carbocycles. The zero-order valence-electron chi connectivity index (χ0n) is 14.2. The topological polar surface area (TPSA) is 34.1 Å². The maximum absolute atomic E-state index is 5.85. The molecule has 3 nitrogen and oxygen atoms in total. The third-order valence-corrected chi connectivity index (χ3v) is 4.01. The molecule has 0 bridgehead atoms. The van der Waals surface area contributed by atoms with E-state index in [1.165, 1.54) is 19.3 Å². The van der Waals surface area contributed by atoms with Gasteiger partial charge < -0.3 is 10.1 Å². The average molecular weight is 320 g/mol. The minimum Gasteiger partial charge on any atom is -0.487 e. The van der Waals surface area contributed by atoms with Gasteiger partial charge in [0.25, 0.3) is 0 Å². The van der Waals surface area contributed by atoms with Crippen molar-refractivity contribution in [2.75, 3.05) is 11.9 Å². The Hall–Kier alpha value is -2.55. The second-order valence-corrected chi connectivity index (χ2v) is 5.94. The fraction of sp³-hybridized carbons (Fsp3) is 0.286. The van der Waals surface area contributed by atoms with E-state index in [9.17, 15) is 0 Å². The molecule has 0 atom stereocenters. The van der Waals surface area contributed by atoms with Gasteiger partial charge in [0.2, 0.25) is 0 Å². The summed E-state index contributed by atoms with van der Waals surface area (Å²) in [7, 11) is 0. The second kappa shape index (κ2) is 8.34. The molecule has 1 N–H and O–H groups in total. The number of hydrogen-bond acceptors (Lipinski definition) is 3. The highest BCUT2D eigenvalue weighted by atomic mass is 16.5. The molecule has 1 heterocycles. The van der Waals surface area contributed by atoms with Gasteiger partial charge in [-0.3, -0.25) is 0 Å². The molecule has 0 radical (unpaired) electrons. The highest BCUT2D eigenvalue weighted by Gasteiger charge is 2.00. The van der Waals surface area contributed by atoms with E-state index in [-0.39, 0.29) is 0 Å². The minimum atomic E-state index is 0.480. The fourth-order valence-corrected chi connectivity index (χ4v) is 2.62. The van der Waals surface area contributed by atoms with Crippen LogP contribution < -0.4 is 10.1 Å². The van der Waals surface area contributed by atoms with E-state index in [4.69, 9.17) is 4.74 Å². The van der Waals surface area contributed by atoms with Crippen LogP contribution in [-0.4, -0.2) is 11.5 Å². The Morgan fingerprint density at radius 3 is 2.58 bits per heavy atom. The summed E-state index contributed by atoms with van der Waals surface area (Å²) in [5, 5.41) is 4.59. The number of nitrogens with one attached hydrogen (secondary N) is 1. The summed E-state index contributed by atoms with van der Waals surface area (Å²) >= 11 is 0. The number of ether oxygens (including phenoxy) is 1. The number of aromatic nitrogens is 1. The lowest BCUT2D eigenvalue weighted by Gasteiger charge is -2.09. The third-order valence-electron chi connectivity index (χ3n) is 4.01.